The van der Waals surface area contributed by atoms with E-state index in [0.29, 0.717) is 32.1 Å². The number of Topliss-reactive ketones (excluding diaryl/α,β-unsaturated/α-hetero) is 1. The molecule has 0 unspecified atom stereocenters. The number of amides is 1. The van der Waals surface area contributed by atoms with Crippen molar-refractivity contribution in [1.29, 1.82) is 0 Å². The molecule has 0 spiro atoms. The molecule has 0 aliphatic carbocycles. The zero-order chi connectivity index (χ0) is 15.6. The molecule has 0 bridgehead atoms. The van der Waals surface area contributed by atoms with Crippen LogP contribution in [0.15, 0.2) is 0 Å². The SMILES string of the molecule is C[C@@H]1CCCO[C@@]1(O)C(=O)C(=O)N1CCCC[C@H]1C(=O)O. The number of aliphatic carboxylic acids is 1. The molecule has 2 rings (SSSR count). The average Bonchev–Trinajstić information content (AvgIpc) is 2.48. The first kappa shape index (κ1) is 15.9. The normalized spacial score (nSPS) is 33.5. The lowest BCUT2D eigenvalue weighted by molar-refractivity contribution is -0.240. The largest absolute Gasteiger partial charge is 0.480 e. The molecule has 0 aromatic heterocycles. The number of carboxylic acid groups (broad SMARTS) is 1. The van der Waals surface area contributed by atoms with Gasteiger partial charge in [-0.1, -0.05) is 6.92 Å². The van der Waals surface area contributed by atoms with E-state index in [1.807, 2.05) is 0 Å². The zero-order valence-corrected chi connectivity index (χ0v) is 12.1. The van der Waals surface area contributed by atoms with E-state index in [1.54, 1.807) is 6.92 Å². The first-order valence-electron chi connectivity index (χ1n) is 7.32. The van der Waals surface area contributed by atoms with E-state index in [-0.39, 0.29) is 13.2 Å². The van der Waals surface area contributed by atoms with Crippen molar-refractivity contribution in [2.24, 2.45) is 5.92 Å². The highest BCUT2D eigenvalue weighted by Crippen LogP contribution is 2.31. The molecule has 0 saturated carbocycles. The Bertz CT molecular complexity index is 451. The van der Waals surface area contributed by atoms with Crippen LogP contribution in [-0.4, -0.2) is 57.8 Å². The molecule has 2 fully saturated rings. The number of carboxylic acids is 1. The van der Waals surface area contributed by atoms with Crippen molar-refractivity contribution in [1.82, 2.24) is 4.90 Å². The van der Waals surface area contributed by atoms with Crippen molar-refractivity contribution < 1.29 is 29.3 Å². The van der Waals surface area contributed by atoms with Crippen molar-refractivity contribution >= 4 is 17.7 Å². The maximum Gasteiger partial charge on any atom is 0.326 e. The van der Waals surface area contributed by atoms with Crippen LogP contribution in [0.4, 0.5) is 0 Å². The molecule has 2 heterocycles. The number of ketones is 1. The van der Waals surface area contributed by atoms with Crippen LogP contribution >= 0.6 is 0 Å². The van der Waals surface area contributed by atoms with Crippen LogP contribution < -0.4 is 0 Å². The van der Waals surface area contributed by atoms with Gasteiger partial charge in [0.05, 0.1) is 6.61 Å². The molecule has 2 N–H and O–H groups in total. The second-order valence-corrected chi connectivity index (χ2v) is 5.77. The Balaban J connectivity index is 2.17. The summed E-state index contributed by atoms with van der Waals surface area (Å²) in [5.41, 5.74) is 0. The van der Waals surface area contributed by atoms with Crippen molar-refractivity contribution in [2.75, 3.05) is 13.2 Å². The number of rotatable bonds is 3. The molecule has 118 valence electrons. The average molecular weight is 299 g/mol. The summed E-state index contributed by atoms with van der Waals surface area (Å²) in [6.45, 7) is 2.07. The number of piperidine rings is 1. The maximum absolute atomic E-state index is 12.3. The molecule has 2 saturated heterocycles. The lowest BCUT2D eigenvalue weighted by atomic mass is 9.88. The number of carbonyl (C=O) groups excluding carboxylic acids is 2. The summed E-state index contributed by atoms with van der Waals surface area (Å²) in [7, 11) is 0. The molecule has 0 radical (unpaired) electrons. The van der Waals surface area contributed by atoms with Crippen molar-refractivity contribution in [3.8, 4) is 0 Å². The first-order chi connectivity index (χ1) is 9.88. The minimum atomic E-state index is -2.13. The predicted octanol–water partition coefficient (Wildman–Crippen LogP) is 0.156. The van der Waals surface area contributed by atoms with E-state index in [9.17, 15) is 19.5 Å². The standard InChI is InChI=1S/C14H21NO6/c1-9-5-4-8-21-14(9,20)11(16)12(17)15-7-3-2-6-10(15)13(18)19/h9-10,20H,2-8H2,1H3,(H,18,19)/t9-,10+,14-/m1/s1. The third-order valence-electron chi connectivity index (χ3n) is 4.34. The fourth-order valence-corrected chi connectivity index (χ4v) is 2.96. The second-order valence-electron chi connectivity index (χ2n) is 5.77. The zero-order valence-electron chi connectivity index (χ0n) is 12.1. The van der Waals surface area contributed by atoms with E-state index < -0.39 is 35.4 Å². The van der Waals surface area contributed by atoms with Gasteiger partial charge in [-0.15, -0.1) is 0 Å². The van der Waals surface area contributed by atoms with Crippen molar-refractivity contribution in [3.05, 3.63) is 0 Å². The van der Waals surface area contributed by atoms with Crippen LogP contribution in [0.5, 0.6) is 0 Å². The van der Waals surface area contributed by atoms with Gasteiger partial charge in [0, 0.05) is 12.5 Å². The van der Waals surface area contributed by atoms with Crippen LogP contribution in [-0.2, 0) is 19.1 Å². The highest BCUT2D eigenvalue weighted by Gasteiger charge is 2.50. The topological polar surface area (TPSA) is 104 Å². The quantitative estimate of drug-likeness (QED) is 0.719. The van der Waals surface area contributed by atoms with Crippen LogP contribution in [0.1, 0.15) is 39.0 Å². The molecule has 0 aromatic rings. The Labute approximate surface area is 122 Å². The van der Waals surface area contributed by atoms with Gasteiger partial charge >= 0.3 is 5.97 Å². The summed E-state index contributed by atoms with van der Waals surface area (Å²) in [4.78, 5) is 36.9. The Morgan fingerprint density at radius 3 is 2.52 bits per heavy atom. The summed E-state index contributed by atoms with van der Waals surface area (Å²) < 4.78 is 5.16. The van der Waals surface area contributed by atoms with Gasteiger partial charge in [0.2, 0.25) is 5.79 Å². The molecular formula is C14H21NO6. The van der Waals surface area contributed by atoms with E-state index >= 15 is 0 Å². The Kier molecular flexibility index (Phi) is 4.63. The smallest absolute Gasteiger partial charge is 0.326 e. The molecular weight excluding hydrogens is 278 g/mol. The summed E-state index contributed by atoms with van der Waals surface area (Å²) in [6, 6.07) is -1.00. The number of hydrogen-bond acceptors (Lipinski definition) is 5. The molecule has 21 heavy (non-hydrogen) atoms. The van der Waals surface area contributed by atoms with Gasteiger partial charge in [0.1, 0.15) is 6.04 Å². The lowest BCUT2D eigenvalue weighted by Gasteiger charge is -2.38. The third kappa shape index (κ3) is 2.94. The summed E-state index contributed by atoms with van der Waals surface area (Å²) in [6.07, 6.45) is 2.97. The van der Waals surface area contributed by atoms with Crippen LogP contribution in [0.3, 0.4) is 0 Å². The highest BCUT2D eigenvalue weighted by molar-refractivity contribution is 6.39. The number of aliphatic hydroxyl groups is 1. The number of nitrogens with zero attached hydrogens (tertiary/aromatic N) is 1. The fourth-order valence-electron chi connectivity index (χ4n) is 2.96. The lowest BCUT2D eigenvalue weighted by Crippen LogP contribution is -2.59. The van der Waals surface area contributed by atoms with Gasteiger partial charge in [-0.2, -0.15) is 0 Å². The molecule has 2 aliphatic rings. The predicted molar refractivity (Wildman–Crippen MR) is 71.3 cm³/mol. The van der Waals surface area contributed by atoms with E-state index in [0.717, 1.165) is 4.90 Å². The fraction of sp³-hybridized carbons (Fsp3) is 0.786. The monoisotopic (exact) mass is 299 g/mol. The molecule has 7 heteroatoms. The number of hydrogen-bond donors (Lipinski definition) is 2. The number of carbonyl (C=O) groups is 3. The van der Waals surface area contributed by atoms with Crippen molar-refractivity contribution in [2.45, 2.75) is 50.9 Å². The second kappa shape index (κ2) is 6.11. The minimum Gasteiger partial charge on any atom is -0.480 e. The van der Waals surface area contributed by atoms with Crippen LogP contribution in [0.25, 0.3) is 0 Å². The van der Waals surface area contributed by atoms with E-state index in [2.05, 4.69) is 0 Å². The molecule has 2 aliphatic heterocycles. The minimum absolute atomic E-state index is 0.211. The Hall–Kier alpha value is -1.47. The highest BCUT2D eigenvalue weighted by atomic mass is 16.6. The summed E-state index contributed by atoms with van der Waals surface area (Å²) >= 11 is 0. The maximum atomic E-state index is 12.3. The van der Waals surface area contributed by atoms with Gasteiger partial charge in [-0.05, 0) is 32.1 Å². The molecule has 7 nitrogen and oxygen atoms in total. The van der Waals surface area contributed by atoms with E-state index in [1.165, 1.54) is 0 Å². The van der Waals surface area contributed by atoms with Gasteiger partial charge in [-0.3, -0.25) is 9.59 Å². The summed E-state index contributed by atoms with van der Waals surface area (Å²) in [5.74, 6) is -5.76. The molecule has 3 atom stereocenters. The van der Waals surface area contributed by atoms with Gasteiger partial charge in [0.15, 0.2) is 0 Å². The van der Waals surface area contributed by atoms with Gasteiger partial charge in [0.25, 0.3) is 11.7 Å². The van der Waals surface area contributed by atoms with Gasteiger partial charge in [-0.25, -0.2) is 4.79 Å². The van der Waals surface area contributed by atoms with Gasteiger partial charge < -0.3 is 19.8 Å². The van der Waals surface area contributed by atoms with Crippen molar-refractivity contribution in [3.63, 3.8) is 0 Å². The summed E-state index contributed by atoms with van der Waals surface area (Å²) in [5, 5.41) is 19.5. The number of ether oxygens (including phenoxy) is 1. The number of likely N-dealkylation sites (tertiary alicyclic amines) is 1. The Morgan fingerprint density at radius 2 is 1.90 bits per heavy atom. The van der Waals surface area contributed by atoms with Crippen LogP contribution in [0.2, 0.25) is 0 Å². The molecule has 0 aromatic carbocycles. The first-order valence-corrected chi connectivity index (χ1v) is 7.32. The molecule has 1 amide bonds. The third-order valence-corrected chi connectivity index (χ3v) is 4.34. The Morgan fingerprint density at radius 1 is 1.19 bits per heavy atom. The van der Waals surface area contributed by atoms with Crippen LogP contribution in [0, 0.1) is 5.92 Å². The van der Waals surface area contributed by atoms with E-state index in [4.69, 9.17) is 9.84 Å².